The summed E-state index contributed by atoms with van der Waals surface area (Å²) in [5.41, 5.74) is 0. The van der Waals surface area contributed by atoms with Crippen LogP contribution in [0.4, 0.5) is 4.79 Å². The fourth-order valence-electron chi connectivity index (χ4n) is 0.506. The van der Waals surface area contributed by atoms with Gasteiger partial charge in [-0.1, -0.05) is 19.9 Å². The van der Waals surface area contributed by atoms with Gasteiger partial charge in [0.05, 0.1) is 7.11 Å². The zero-order valence-corrected chi connectivity index (χ0v) is 7.50. The minimum atomic E-state index is -0.345. The molecule has 0 aliphatic rings. The number of carbonyl (C=O) groups is 1. The molecular weight excluding hydrogens is 142 g/mol. The molecule has 0 aliphatic heterocycles. The quantitative estimate of drug-likeness (QED) is 0.612. The minimum absolute atomic E-state index is 0.345. The topological polar surface area (TPSA) is 29.5 Å². The van der Waals surface area contributed by atoms with E-state index in [1.165, 1.54) is 12.0 Å². The fourth-order valence-corrected chi connectivity index (χ4v) is 0.506. The number of rotatable bonds is 2. The monoisotopic (exact) mass is 157 g/mol. The first-order valence-corrected chi connectivity index (χ1v) is 3.57. The number of amides is 1. The molecule has 0 saturated carbocycles. The van der Waals surface area contributed by atoms with Crippen LogP contribution in [0.3, 0.4) is 0 Å². The first kappa shape index (κ1) is 10.0. The van der Waals surface area contributed by atoms with Crippen molar-refractivity contribution in [1.29, 1.82) is 0 Å². The van der Waals surface area contributed by atoms with Crippen molar-refractivity contribution in [3.8, 4) is 0 Å². The summed E-state index contributed by atoms with van der Waals surface area (Å²) in [5.74, 6) is 0.446. The summed E-state index contributed by atoms with van der Waals surface area (Å²) in [6, 6.07) is 0. The van der Waals surface area contributed by atoms with Crippen molar-refractivity contribution in [2.45, 2.75) is 13.8 Å². The minimum Gasteiger partial charge on any atom is -0.453 e. The third-order valence-electron chi connectivity index (χ3n) is 1.16. The predicted molar refractivity (Wildman–Crippen MR) is 44.1 cm³/mol. The van der Waals surface area contributed by atoms with Crippen molar-refractivity contribution in [1.82, 2.24) is 4.90 Å². The fraction of sp³-hybridized carbons (Fsp3) is 0.625. The first-order valence-electron chi connectivity index (χ1n) is 3.57. The molecule has 0 unspecified atom stereocenters. The predicted octanol–water partition coefficient (Wildman–Crippen LogP) is 1.85. The summed E-state index contributed by atoms with van der Waals surface area (Å²) < 4.78 is 4.48. The molecule has 0 aromatic carbocycles. The second-order valence-electron chi connectivity index (χ2n) is 2.67. The maximum absolute atomic E-state index is 10.8. The molecule has 0 N–H and O–H groups in total. The van der Waals surface area contributed by atoms with Crippen molar-refractivity contribution in [2.75, 3.05) is 14.2 Å². The van der Waals surface area contributed by atoms with Crippen LogP contribution in [0.15, 0.2) is 12.3 Å². The number of hydrogen-bond donors (Lipinski definition) is 0. The summed E-state index contributed by atoms with van der Waals surface area (Å²) in [7, 11) is 3.02. The van der Waals surface area contributed by atoms with Gasteiger partial charge < -0.3 is 4.74 Å². The van der Waals surface area contributed by atoms with Crippen LogP contribution < -0.4 is 0 Å². The van der Waals surface area contributed by atoms with Crippen molar-refractivity contribution in [3.05, 3.63) is 12.3 Å². The van der Waals surface area contributed by atoms with Gasteiger partial charge in [0.1, 0.15) is 0 Å². The molecule has 0 aromatic heterocycles. The zero-order valence-electron chi connectivity index (χ0n) is 7.50. The van der Waals surface area contributed by atoms with Gasteiger partial charge in [-0.05, 0) is 5.92 Å². The summed E-state index contributed by atoms with van der Waals surface area (Å²) in [4.78, 5) is 12.2. The van der Waals surface area contributed by atoms with Gasteiger partial charge >= 0.3 is 6.09 Å². The highest BCUT2D eigenvalue weighted by Gasteiger charge is 2.02. The van der Waals surface area contributed by atoms with Crippen molar-refractivity contribution >= 4 is 6.09 Å². The van der Waals surface area contributed by atoms with Crippen molar-refractivity contribution < 1.29 is 9.53 Å². The van der Waals surface area contributed by atoms with Gasteiger partial charge in [0, 0.05) is 13.2 Å². The Morgan fingerprint density at radius 2 is 2.09 bits per heavy atom. The largest absolute Gasteiger partial charge is 0.453 e. The molecule has 0 atom stereocenters. The van der Waals surface area contributed by atoms with Gasteiger partial charge in [-0.25, -0.2) is 4.79 Å². The Balaban J connectivity index is 3.86. The van der Waals surface area contributed by atoms with E-state index in [-0.39, 0.29) is 6.09 Å². The van der Waals surface area contributed by atoms with Crippen LogP contribution >= 0.6 is 0 Å². The van der Waals surface area contributed by atoms with Crippen LogP contribution in [0.1, 0.15) is 13.8 Å². The van der Waals surface area contributed by atoms with Crippen LogP contribution in [0, 0.1) is 5.92 Å². The lowest BCUT2D eigenvalue weighted by molar-refractivity contribution is 0.147. The molecule has 64 valence electrons. The molecule has 0 saturated heterocycles. The van der Waals surface area contributed by atoms with Gasteiger partial charge in [-0.2, -0.15) is 0 Å². The molecule has 0 spiro atoms. The molecule has 0 aliphatic carbocycles. The zero-order chi connectivity index (χ0) is 8.85. The molecule has 3 heteroatoms. The van der Waals surface area contributed by atoms with E-state index in [0.717, 1.165) is 0 Å². The van der Waals surface area contributed by atoms with E-state index >= 15 is 0 Å². The van der Waals surface area contributed by atoms with Crippen molar-refractivity contribution in [2.24, 2.45) is 5.92 Å². The Hall–Kier alpha value is -0.990. The number of ether oxygens (including phenoxy) is 1. The van der Waals surface area contributed by atoms with Gasteiger partial charge in [-0.3, -0.25) is 4.90 Å². The second-order valence-corrected chi connectivity index (χ2v) is 2.67. The third-order valence-corrected chi connectivity index (χ3v) is 1.16. The average molecular weight is 157 g/mol. The number of nitrogens with zero attached hydrogens (tertiary/aromatic N) is 1. The Bertz CT molecular complexity index is 152. The van der Waals surface area contributed by atoms with E-state index < -0.39 is 0 Å². The summed E-state index contributed by atoms with van der Waals surface area (Å²) >= 11 is 0. The van der Waals surface area contributed by atoms with Gasteiger partial charge in [0.2, 0.25) is 0 Å². The number of methoxy groups -OCH3 is 1. The molecule has 0 fully saturated rings. The molecule has 3 nitrogen and oxygen atoms in total. The number of allylic oxidation sites excluding steroid dienone is 1. The second kappa shape index (κ2) is 4.77. The van der Waals surface area contributed by atoms with Crippen LogP contribution in [0.2, 0.25) is 0 Å². The van der Waals surface area contributed by atoms with Gasteiger partial charge in [0.15, 0.2) is 0 Å². The molecule has 0 radical (unpaired) electrons. The SMILES string of the molecule is COC(=O)N(C)/C=C/C(C)C. The Morgan fingerprint density at radius 1 is 1.55 bits per heavy atom. The van der Waals surface area contributed by atoms with E-state index in [1.807, 2.05) is 19.9 Å². The molecule has 0 bridgehead atoms. The van der Waals surface area contributed by atoms with Gasteiger partial charge in [0.25, 0.3) is 0 Å². The van der Waals surface area contributed by atoms with E-state index in [2.05, 4.69) is 4.74 Å². The molecule has 0 aromatic rings. The highest BCUT2D eigenvalue weighted by Crippen LogP contribution is 1.96. The Kier molecular flexibility index (Phi) is 4.34. The average Bonchev–Trinajstić information content (AvgIpc) is 1.98. The van der Waals surface area contributed by atoms with Crippen LogP contribution in [-0.4, -0.2) is 25.2 Å². The highest BCUT2D eigenvalue weighted by molar-refractivity contribution is 5.68. The first-order chi connectivity index (χ1) is 5.07. The smallest absolute Gasteiger partial charge is 0.413 e. The number of hydrogen-bond acceptors (Lipinski definition) is 2. The molecule has 1 amide bonds. The van der Waals surface area contributed by atoms with Crippen molar-refractivity contribution in [3.63, 3.8) is 0 Å². The van der Waals surface area contributed by atoms with E-state index in [0.29, 0.717) is 5.92 Å². The van der Waals surface area contributed by atoms with E-state index in [1.54, 1.807) is 13.2 Å². The molecule has 0 rings (SSSR count). The standard InChI is InChI=1S/C8H15NO2/c1-7(2)5-6-9(3)8(10)11-4/h5-7H,1-4H3/b6-5+. The van der Waals surface area contributed by atoms with Crippen LogP contribution in [-0.2, 0) is 4.74 Å². The Morgan fingerprint density at radius 3 is 2.45 bits per heavy atom. The maximum atomic E-state index is 10.8. The maximum Gasteiger partial charge on any atom is 0.413 e. The molecule has 0 heterocycles. The summed E-state index contributed by atoms with van der Waals surface area (Å²) in [6.07, 6.45) is 3.29. The van der Waals surface area contributed by atoms with E-state index in [4.69, 9.17) is 0 Å². The normalized spacial score (nSPS) is 10.6. The lowest BCUT2D eigenvalue weighted by atomic mass is 10.2. The Labute approximate surface area is 67.6 Å². The summed E-state index contributed by atoms with van der Waals surface area (Å²) in [5, 5.41) is 0. The van der Waals surface area contributed by atoms with E-state index in [9.17, 15) is 4.79 Å². The highest BCUT2D eigenvalue weighted by atomic mass is 16.5. The lowest BCUT2D eigenvalue weighted by Crippen LogP contribution is -2.20. The molecule has 11 heavy (non-hydrogen) atoms. The number of carbonyl (C=O) groups excluding carboxylic acids is 1. The third kappa shape index (κ3) is 4.42. The van der Waals surface area contributed by atoms with Gasteiger partial charge in [-0.15, -0.1) is 0 Å². The van der Waals surface area contributed by atoms with Crippen LogP contribution in [0.25, 0.3) is 0 Å². The van der Waals surface area contributed by atoms with Crippen LogP contribution in [0.5, 0.6) is 0 Å². The molecular formula is C8H15NO2. The summed E-state index contributed by atoms with van der Waals surface area (Å²) in [6.45, 7) is 4.09. The lowest BCUT2D eigenvalue weighted by Gasteiger charge is -2.09.